The lowest BCUT2D eigenvalue weighted by Gasteiger charge is -2.36. The largest absolute Gasteiger partial charge is 0.399 e. The van der Waals surface area contributed by atoms with Crippen molar-refractivity contribution >= 4 is 11.4 Å². The third-order valence-electron chi connectivity index (χ3n) is 3.90. The van der Waals surface area contributed by atoms with Crippen LogP contribution in [0.5, 0.6) is 0 Å². The first-order chi connectivity index (χ1) is 8.22. The van der Waals surface area contributed by atoms with Crippen LogP contribution in [0.4, 0.5) is 11.4 Å². The van der Waals surface area contributed by atoms with E-state index in [1.165, 1.54) is 43.4 Å². The number of hydrogen-bond acceptors (Lipinski definition) is 2. The number of benzene rings is 1. The maximum absolute atomic E-state index is 5.92. The fraction of sp³-hybridized carbons (Fsp3) is 0.600. The summed E-state index contributed by atoms with van der Waals surface area (Å²) in [6, 6.07) is 6.98. The van der Waals surface area contributed by atoms with Gasteiger partial charge < -0.3 is 10.6 Å². The van der Waals surface area contributed by atoms with Crippen LogP contribution in [0.1, 0.15) is 44.6 Å². The molecule has 1 saturated carbocycles. The van der Waals surface area contributed by atoms with Crippen LogP contribution in [-0.4, -0.2) is 12.6 Å². The van der Waals surface area contributed by atoms with Crippen LogP contribution >= 0.6 is 0 Å². The number of nitrogen functional groups attached to an aromatic ring is 1. The van der Waals surface area contributed by atoms with E-state index in [1.54, 1.807) is 0 Å². The molecular weight excluding hydrogens is 208 g/mol. The second-order valence-electron chi connectivity index (χ2n) is 5.12. The van der Waals surface area contributed by atoms with Gasteiger partial charge >= 0.3 is 0 Å². The Morgan fingerprint density at radius 1 is 1.24 bits per heavy atom. The molecule has 1 aromatic carbocycles. The fourth-order valence-electron chi connectivity index (χ4n) is 2.95. The van der Waals surface area contributed by atoms with Gasteiger partial charge in [-0.2, -0.15) is 0 Å². The topological polar surface area (TPSA) is 29.3 Å². The summed E-state index contributed by atoms with van der Waals surface area (Å²) >= 11 is 0. The SMILES string of the molecule is CCN(c1cc(N)ccc1C)C1CCCCC1. The van der Waals surface area contributed by atoms with Gasteiger partial charge in [0.1, 0.15) is 0 Å². The van der Waals surface area contributed by atoms with Gasteiger partial charge in [0, 0.05) is 24.0 Å². The minimum absolute atomic E-state index is 0.717. The van der Waals surface area contributed by atoms with E-state index in [0.29, 0.717) is 6.04 Å². The molecule has 0 bridgehead atoms. The molecule has 0 spiro atoms. The van der Waals surface area contributed by atoms with Crippen LogP contribution in [0.25, 0.3) is 0 Å². The number of anilines is 2. The molecule has 2 rings (SSSR count). The van der Waals surface area contributed by atoms with Gasteiger partial charge in [0.15, 0.2) is 0 Å². The summed E-state index contributed by atoms with van der Waals surface area (Å²) in [6.07, 6.45) is 6.83. The van der Waals surface area contributed by atoms with Crippen LogP contribution in [0.15, 0.2) is 18.2 Å². The molecule has 1 fully saturated rings. The van der Waals surface area contributed by atoms with Gasteiger partial charge in [0.05, 0.1) is 0 Å². The average Bonchev–Trinajstić information content (AvgIpc) is 2.36. The normalized spacial score (nSPS) is 17.1. The lowest BCUT2D eigenvalue weighted by Crippen LogP contribution is -2.37. The summed E-state index contributed by atoms with van der Waals surface area (Å²) in [5.41, 5.74) is 9.47. The molecular formula is C15H24N2. The predicted octanol–water partition coefficient (Wildman–Crippen LogP) is 3.74. The van der Waals surface area contributed by atoms with Crippen LogP contribution in [0, 0.1) is 6.92 Å². The molecule has 2 N–H and O–H groups in total. The zero-order valence-corrected chi connectivity index (χ0v) is 11.1. The average molecular weight is 232 g/mol. The second kappa shape index (κ2) is 5.44. The number of nitrogens with zero attached hydrogens (tertiary/aromatic N) is 1. The van der Waals surface area contributed by atoms with Crippen LogP contribution in [0.2, 0.25) is 0 Å². The van der Waals surface area contributed by atoms with Gasteiger partial charge in [-0.05, 0) is 44.4 Å². The highest BCUT2D eigenvalue weighted by atomic mass is 15.2. The van der Waals surface area contributed by atoms with E-state index in [-0.39, 0.29) is 0 Å². The number of nitrogens with two attached hydrogens (primary N) is 1. The summed E-state index contributed by atoms with van der Waals surface area (Å²) < 4.78 is 0. The molecule has 0 aromatic heterocycles. The third-order valence-corrected chi connectivity index (χ3v) is 3.90. The molecule has 94 valence electrons. The lowest BCUT2D eigenvalue weighted by molar-refractivity contribution is 0.418. The lowest BCUT2D eigenvalue weighted by atomic mass is 9.93. The summed E-state index contributed by atoms with van der Waals surface area (Å²) in [4.78, 5) is 2.55. The molecule has 1 aliphatic rings. The molecule has 2 heteroatoms. The van der Waals surface area contributed by atoms with Crippen LogP contribution in [-0.2, 0) is 0 Å². The quantitative estimate of drug-likeness (QED) is 0.804. The second-order valence-corrected chi connectivity index (χ2v) is 5.12. The van der Waals surface area contributed by atoms with E-state index >= 15 is 0 Å². The molecule has 2 nitrogen and oxygen atoms in total. The monoisotopic (exact) mass is 232 g/mol. The maximum Gasteiger partial charge on any atom is 0.0418 e. The van der Waals surface area contributed by atoms with Crippen molar-refractivity contribution in [2.45, 2.75) is 52.0 Å². The first-order valence-corrected chi connectivity index (χ1v) is 6.85. The van der Waals surface area contributed by atoms with Crippen molar-refractivity contribution in [3.8, 4) is 0 Å². The zero-order valence-electron chi connectivity index (χ0n) is 11.1. The first-order valence-electron chi connectivity index (χ1n) is 6.85. The summed E-state index contributed by atoms with van der Waals surface area (Å²) in [5, 5.41) is 0. The summed E-state index contributed by atoms with van der Waals surface area (Å²) in [7, 11) is 0. The molecule has 17 heavy (non-hydrogen) atoms. The summed E-state index contributed by atoms with van der Waals surface area (Å²) in [5.74, 6) is 0. The van der Waals surface area contributed by atoms with Crippen molar-refractivity contribution in [3.63, 3.8) is 0 Å². The zero-order chi connectivity index (χ0) is 12.3. The van der Waals surface area contributed by atoms with E-state index in [9.17, 15) is 0 Å². The highest BCUT2D eigenvalue weighted by molar-refractivity contribution is 5.61. The van der Waals surface area contributed by atoms with Gasteiger partial charge in [-0.15, -0.1) is 0 Å². The van der Waals surface area contributed by atoms with Gasteiger partial charge in [-0.3, -0.25) is 0 Å². The minimum atomic E-state index is 0.717. The molecule has 0 unspecified atom stereocenters. The predicted molar refractivity (Wildman–Crippen MR) is 75.5 cm³/mol. The Kier molecular flexibility index (Phi) is 3.93. The highest BCUT2D eigenvalue weighted by Gasteiger charge is 2.21. The van der Waals surface area contributed by atoms with Crippen molar-refractivity contribution in [2.75, 3.05) is 17.2 Å². The van der Waals surface area contributed by atoms with Gasteiger partial charge in [-0.1, -0.05) is 25.3 Å². The van der Waals surface area contributed by atoms with Crippen molar-refractivity contribution in [3.05, 3.63) is 23.8 Å². The van der Waals surface area contributed by atoms with E-state index < -0.39 is 0 Å². The Morgan fingerprint density at radius 3 is 2.59 bits per heavy atom. The fourth-order valence-corrected chi connectivity index (χ4v) is 2.95. The molecule has 0 amide bonds. The van der Waals surface area contributed by atoms with Crippen LogP contribution in [0.3, 0.4) is 0 Å². The molecule has 1 aromatic rings. The minimum Gasteiger partial charge on any atom is -0.399 e. The smallest absolute Gasteiger partial charge is 0.0418 e. The molecule has 0 heterocycles. The third kappa shape index (κ3) is 2.74. The van der Waals surface area contributed by atoms with E-state index in [1.807, 2.05) is 6.07 Å². The molecule has 0 atom stereocenters. The van der Waals surface area contributed by atoms with Crippen LogP contribution < -0.4 is 10.6 Å². The van der Waals surface area contributed by atoms with Crippen molar-refractivity contribution in [2.24, 2.45) is 0 Å². The number of hydrogen-bond donors (Lipinski definition) is 1. The molecule has 0 aliphatic heterocycles. The van der Waals surface area contributed by atoms with Crippen molar-refractivity contribution in [1.29, 1.82) is 0 Å². The molecule has 0 saturated heterocycles. The number of rotatable bonds is 3. The standard InChI is InChI=1S/C15H24N2/c1-3-17(14-7-5-4-6-8-14)15-11-13(16)10-9-12(15)2/h9-11,14H,3-8,16H2,1-2H3. The van der Waals surface area contributed by atoms with Crippen molar-refractivity contribution in [1.82, 2.24) is 0 Å². The Balaban J connectivity index is 2.24. The van der Waals surface area contributed by atoms with E-state index in [2.05, 4.69) is 30.9 Å². The van der Waals surface area contributed by atoms with Crippen molar-refractivity contribution < 1.29 is 0 Å². The molecule has 0 radical (unpaired) electrons. The maximum atomic E-state index is 5.92. The van der Waals surface area contributed by atoms with Gasteiger partial charge in [-0.25, -0.2) is 0 Å². The summed E-state index contributed by atoms with van der Waals surface area (Å²) in [6.45, 7) is 5.51. The Bertz CT molecular complexity index is 367. The Hall–Kier alpha value is -1.18. The van der Waals surface area contributed by atoms with Gasteiger partial charge in [0.25, 0.3) is 0 Å². The van der Waals surface area contributed by atoms with Gasteiger partial charge in [0.2, 0.25) is 0 Å². The first kappa shape index (κ1) is 12.3. The highest BCUT2D eigenvalue weighted by Crippen LogP contribution is 2.30. The van der Waals surface area contributed by atoms with E-state index in [0.717, 1.165) is 12.2 Å². The Morgan fingerprint density at radius 2 is 1.94 bits per heavy atom. The van der Waals surface area contributed by atoms with E-state index in [4.69, 9.17) is 5.73 Å². The Labute approximate surface area is 105 Å². The molecule has 1 aliphatic carbocycles. The number of aryl methyl sites for hydroxylation is 1.